The SMILES string of the molecule is COC(=O)c1ccc(/C=N\N(C)C(=O)Cl)cc1. The molecule has 0 saturated heterocycles. The summed E-state index contributed by atoms with van der Waals surface area (Å²) in [7, 11) is 2.76. The Morgan fingerprint density at radius 3 is 2.41 bits per heavy atom. The minimum absolute atomic E-state index is 0.401. The molecule has 1 aromatic carbocycles. The largest absolute Gasteiger partial charge is 0.465 e. The first-order valence-electron chi connectivity index (χ1n) is 4.70. The van der Waals surface area contributed by atoms with Gasteiger partial charge in [0, 0.05) is 7.05 Å². The maximum atomic E-state index is 11.2. The topological polar surface area (TPSA) is 59.0 Å². The number of carbonyl (C=O) groups is 2. The summed E-state index contributed by atoms with van der Waals surface area (Å²) >= 11 is 5.19. The van der Waals surface area contributed by atoms with E-state index in [1.807, 2.05) is 0 Å². The second-order valence-electron chi connectivity index (χ2n) is 3.13. The summed E-state index contributed by atoms with van der Waals surface area (Å²) in [5.41, 5.74) is 1.19. The van der Waals surface area contributed by atoms with Gasteiger partial charge in [0.05, 0.1) is 18.9 Å². The van der Waals surface area contributed by atoms with Gasteiger partial charge in [0.15, 0.2) is 0 Å². The van der Waals surface area contributed by atoms with Gasteiger partial charge in [0.2, 0.25) is 0 Å². The zero-order valence-corrected chi connectivity index (χ0v) is 10.1. The van der Waals surface area contributed by atoms with E-state index >= 15 is 0 Å². The number of benzene rings is 1. The van der Waals surface area contributed by atoms with Crippen LogP contribution in [0.5, 0.6) is 0 Å². The third-order valence-electron chi connectivity index (χ3n) is 1.97. The summed E-state index contributed by atoms with van der Waals surface area (Å²) in [5.74, 6) is -0.401. The van der Waals surface area contributed by atoms with E-state index in [2.05, 4.69) is 9.84 Å². The molecule has 0 saturated carbocycles. The molecule has 0 bridgehead atoms. The highest BCUT2D eigenvalue weighted by molar-refractivity contribution is 6.62. The van der Waals surface area contributed by atoms with Crippen molar-refractivity contribution in [1.82, 2.24) is 5.01 Å². The molecule has 1 aromatic rings. The summed E-state index contributed by atoms with van der Waals surface area (Å²) in [6, 6.07) is 6.58. The predicted molar refractivity (Wildman–Crippen MR) is 64.4 cm³/mol. The molecule has 0 unspecified atom stereocenters. The van der Waals surface area contributed by atoms with Gasteiger partial charge in [0.1, 0.15) is 0 Å². The molecule has 5 nitrogen and oxygen atoms in total. The van der Waals surface area contributed by atoms with Crippen molar-refractivity contribution >= 4 is 29.2 Å². The molecule has 1 rings (SSSR count). The summed E-state index contributed by atoms with van der Waals surface area (Å²) in [5, 5.41) is 4.12. The van der Waals surface area contributed by atoms with Gasteiger partial charge >= 0.3 is 11.3 Å². The number of hydrazone groups is 1. The van der Waals surface area contributed by atoms with Gasteiger partial charge in [-0.3, -0.25) is 4.79 Å². The number of hydrogen-bond donors (Lipinski definition) is 0. The maximum absolute atomic E-state index is 11.2. The monoisotopic (exact) mass is 254 g/mol. The van der Waals surface area contributed by atoms with Gasteiger partial charge in [-0.05, 0) is 29.3 Å². The van der Waals surface area contributed by atoms with Crippen molar-refractivity contribution < 1.29 is 14.3 Å². The van der Waals surface area contributed by atoms with Crippen LogP contribution in [0.3, 0.4) is 0 Å². The number of amides is 1. The molecule has 0 aliphatic heterocycles. The van der Waals surface area contributed by atoms with E-state index in [4.69, 9.17) is 11.6 Å². The molecule has 0 radical (unpaired) electrons. The Balaban J connectivity index is 2.75. The fourth-order valence-corrected chi connectivity index (χ4v) is 1.07. The molecule has 17 heavy (non-hydrogen) atoms. The third-order valence-corrected chi connectivity index (χ3v) is 2.21. The first-order chi connectivity index (χ1) is 8.04. The van der Waals surface area contributed by atoms with Crippen LogP contribution in [0.15, 0.2) is 29.4 Å². The van der Waals surface area contributed by atoms with E-state index < -0.39 is 11.3 Å². The molecule has 90 valence electrons. The van der Waals surface area contributed by atoms with Crippen LogP contribution in [0, 0.1) is 0 Å². The highest BCUT2D eigenvalue weighted by Crippen LogP contribution is 2.04. The average molecular weight is 255 g/mol. The summed E-state index contributed by atoms with van der Waals surface area (Å²) in [6.07, 6.45) is 1.46. The Morgan fingerprint density at radius 1 is 1.35 bits per heavy atom. The molecule has 0 fully saturated rings. The lowest BCUT2D eigenvalue weighted by atomic mass is 10.1. The van der Waals surface area contributed by atoms with Gasteiger partial charge in [-0.25, -0.2) is 9.80 Å². The zero-order chi connectivity index (χ0) is 12.8. The van der Waals surface area contributed by atoms with Crippen molar-refractivity contribution in [3.63, 3.8) is 0 Å². The predicted octanol–water partition coefficient (Wildman–Crippen LogP) is 2.10. The molecule has 0 N–H and O–H groups in total. The maximum Gasteiger partial charge on any atom is 0.337 e. The van der Waals surface area contributed by atoms with Gasteiger partial charge in [-0.2, -0.15) is 5.10 Å². The lowest BCUT2D eigenvalue weighted by molar-refractivity contribution is 0.0600. The van der Waals surface area contributed by atoms with Crippen molar-refractivity contribution in [2.24, 2.45) is 5.10 Å². The van der Waals surface area contributed by atoms with E-state index in [-0.39, 0.29) is 0 Å². The molecular weight excluding hydrogens is 244 g/mol. The van der Waals surface area contributed by atoms with E-state index in [0.29, 0.717) is 5.56 Å². The van der Waals surface area contributed by atoms with Gasteiger partial charge in [-0.1, -0.05) is 12.1 Å². The molecule has 0 heterocycles. The summed E-state index contributed by atoms with van der Waals surface area (Å²) in [4.78, 5) is 21.8. The minimum atomic E-state index is -0.674. The quantitative estimate of drug-likeness (QED) is 0.273. The molecule has 0 aromatic heterocycles. The Kier molecular flexibility index (Phi) is 4.66. The molecule has 0 aliphatic carbocycles. The number of halogens is 1. The number of hydrogen-bond acceptors (Lipinski definition) is 4. The zero-order valence-electron chi connectivity index (χ0n) is 9.38. The van der Waals surface area contributed by atoms with Crippen molar-refractivity contribution in [3.05, 3.63) is 35.4 Å². The first-order valence-corrected chi connectivity index (χ1v) is 5.08. The van der Waals surface area contributed by atoms with E-state index in [0.717, 1.165) is 10.6 Å². The lowest BCUT2D eigenvalue weighted by Crippen LogP contribution is -2.13. The number of esters is 1. The van der Waals surface area contributed by atoms with E-state index in [1.54, 1.807) is 24.3 Å². The molecule has 0 aliphatic rings. The molecule has 1 amide bonds. The highest BCUT2D eigenvalue weighted by atomic mass is 35.5. The van der Waals surface area contributed by atoms with Crippen LogP contribution in [0.2, 0.25) is 0 Å². The number of ether oxygens (including phenoxy) is 1. The van der Waals surface area contributed by atoms with E-state index in [9.17, 15) is 9.59 Å². The molecule has 0 spiro atoms. The Morgan fingerprint density at radius 2 is 1.94 bits per heavy atom. The Labute approximate surface area is 104 Å². The number of carbonyl (C=O) groups excluding carboxylic acids is 2. The second kappa shape index (κ2) is 6.00. The number of rotatable bonds is 3. The van der Waals surface area contributed by atoms with Crippen molar-refractivity contribution in [2.75, 3.05) is 14.2 Å². The average Bonchev–Trinajstić information content (AvgIpc) is 2.35. The van der Waals surface area contributed by atoms with Crippen LogP contribution in [0.25, 0.3) is 0 Å². The second-order valence-corrected chi connectivity index (χ2v) is 3.46. The van der Waals surface area contributed by atoms with Crippen molar-refractivity contribution in [2.45, 2.75) is 0 Å². The van der Waals surface area contributed by atoms with Crippen LogP contribution in [-0.2, 0) is 4.74 Å². The van der Waals surface area contributed by atoms with Crippen LogP contribution in [0.1, 0.15) is 15.9 Å². The number of methoxy groups -OCH3 is 1. The van der Waals surface area contributed by atoms with Crippen LogP contribution < -0.4 is 0 Å². The molecule has 6 heteroatoms. The van der Waals surface area contributed by atoms with Crippen LogP contribution >= 0.6 is 11.6 Å². The summed E-state index contributed by atoms with van der Waals surface area (Å²) in [6.45, 7) is 0. The lowest BCUT2D eigenvalue weighted by Gasteiger charge is -2.04. The summed E-state index contributed by atoms with van der Waals surface area (Å²) < 4.78 is 4.56. The van der Waals surface area contributed by atoms with Gasteiger partial charge < -0.3 is 4.74 Å². The smallest absolute Gasteiger partial charge is 0.337 e. The van der Waals surface area contributed by atoms with Gasteiger partial charge in [-0.15, -0.1) is 0 Å². The van der Waals surface area contributed by atoms with Crippen molar-refractivity contribution in [1.29, 1.82) is 0 Å². The fourth-order valence-electron chi connectivity index (χ4n) is 1.02. The van der Waals surface area contributed by atoms with Crippen LogP contribution in [0.4, 0.5) is 4.79 Å². The van der Waals surface area contributed by atoms with E-state index in [1.165, 1.54) is 20.4 Å². The highest BCUT2D eigenvalue weighted by Gasteiger charge is 2.04. The fraction of sp³-hybridized carbons (Fsp3) is 0.182. The van der Waals surface area contributed by atoms with Crippen LogP contribution in [-0.4, -0.2) is 36.7 Å². The molecular formula is C11H11ClN2O3. The standard InChI is InChI=1S/C11H11ClN2O3/c1-14(11(12)16)13-7-8-3-5-9(6-4-8)10(15)17-2/h3-7H,1-2H3/b13-7-. The first kappa shape index (κ1) is 13.2. The molecule has 0 atom stereocenters. The normalized spacial score (nSPS) is 10.3. The van der Waals surface area contributed by atoms with Crippen molar-refractivity contribution in [3.8, 4) is 0 Å². The third kappa shape index (κ3) is 3.88. The Hall–Kier alpha value is -1.88. The number of nitrogens with zero attached hydrogens (tertiary/aromatic N) is 2. The minimum Gasteiger partial charge on any atom is -0.465 e. The Bertz CT molecular complexity index is 443. The van der Waals surface area contributed by atoms with Gasteiger partial charge in [0.25, 0.3) is 0 Å².